The second-order valence-electron chi connectivity index (χ2n) is 6.97. The van der Waals surface area contributed by atoms with Gasteiger partial charge in [0.05, 0.1) is 12.4 Å². The number of piperazine rings is 1. The average molecular weight is 380 g/mol. The van der Waals surface area contributed by atoms with Crippen molar-refractivity contribution >= 4 is 17.8 Å². The van der Waals surface area contributed by atoms with Gasteiger partial charge in [0.25, 0.3) is 5.91 Å². The molecule has 0 spiro atoms. The summed E-state index contributed by atoms with van der Waals surface area (Å²) in [6.07, 6.45) is 9.77. The number of aromatic nitrogens is 2. The quantitative estimate of drug-likeness (QED) is 0.714. The molecular weight excluding hydrogens is 350 g/mol. The Hall–Kier alpha value is -2.73. The van der Waals surface area contributed by atoms with E-state index in [1.807, 2.05) is 23.1 Å². The first-order valence-electron chi connectivity index (χ1n) is 10.1. The number of nitrogens with zero attached hydrogens (tertiary/aromatic N) is 4. The molecule has 1 aromatic heterocycles. The van der Waals surface area contributed by atoms with Crippen molar-refractivity contribution in [2.75, 3.05) is 44.6 Å². The molecule has 0 radical (unpaired) electrons. The molecule has 2 aromatic rings. The number of anilines is 1. The Balaban J connectivity index is 1.44. The van der Waals surface area contributed by atoms with Gasteiger partial charge in [-0.2, -0.15) is 0 Å². The van der Waals surface area contributed by atoms with Crippen LogP contribution in [0, 0.1) is 0 Å². The van der Waals surface area contributed by atoms with Crippen molar-refractivity contribution in [3.63, 3.8) is 0 Å². The van der Waals surface area contributed by atoms with Crippen LogP contribution in [0.3, 0.4) is 0 Å². The van der Waals surface area contributed by atoms with Crippen molar-refractivity contribution in [1.29, 1.82) is 0 Å². The number of hydrogen-bond acceptors (Lipinski definition) is 5. The van der Waals surface area contributed by atoms with Crippen molar-refractivity contribution in [3.8, 4) is 0 Å². The zero-order valence-electron chi connectivity index (χ0n) is 16.6. The molecule has 28 heavy (non-hydrogen) atoms. The minimum atomic E-state index is -0.0351. The summed E-state index contributed by atoms with van der Waals surface area (Å²) in [5.74, 6) is 0.687. The fourth-order valence-corrected chi connectivity index (χ4v) is 3.12. The summed E-state index contributed by atoms with van der Waals surface area (Å²) >= 11 is 0. The second-order valence-corrected chi connectivity index (χ2v) is 6.97. The van der Waals surface area contributed by atoms with Crippen LogP contribution in [0.4, 0.5) is 5.82 Å². The predicted octanol–water partition coefficient (Wildman–Crippen LogP) is 3.16. The lowest BCUT2D eigenvalue weighted by Gasteiger charge is -2.33. The van der Waals surface area contributed by atoms with E-state index in [9.17, 15) is 4.79 Å². The molecule has 2 heterocycles. The van der Waals surface area contributed by atoms with Gasteiger partial charge in [0.15, 0.2) is 0 Å². The molecule has 6 nitrogen and oxygen atoms in total. The van der Waals surface area contributed by atoms with E-state index in [1.54, 1.807) is 12.4 Å². The first-order valence-corrected chi connectivity index (χ1v) is 10.1. The molecule has 3 rings (SSSR count). The monoisotopic (exact) mass is 379 g/mol. The van der Waals surface area contributed by atoms with Crippen LogP contribution < -0.4 is 5.32 Å². The van der Waals surface area contributed by atoms with E-state index in [0.717, 1.165) is 57.9 Å². The number of unbranched alkanes of at least 4 members (excludes halogenated alkanes) is 1. The van der Waals surface area contributed by atoms with Crippen LogP contribution in [0.5, 0.6) is 0 Å². The summed E-state index contributed by atoms with van der Waals surface area (Å²) in [5, 5.41) is 3.22. The molecule has 1 amide bonds. The van der Waals surface area contributed by atoms with Crippen LogP contribution in [0.15, 0.2) is 48.8 Å². The van der Waals surface area contributed by atoms with E-state index >= 15 is 0 Å². The Labute approximate surface area is 167 Å². The lowest BCUT2D eigenvalue weighted by atomic mass is 10.2. The van der Waals surface area contributed by atoms with Crippen LogP contribution in [0.2, 0.25) is 0 Å². The highest BCUT2D eigenvalue weighted by molar-refractivity contribution is 5.92. The maximum Gasteiger partial charge on any atom is 0.274 e. The average Bonchev–Trinajstić information content (AvgIpc) is 2.75. The molecule has 1 N–H and O–H groups in total. The predicted molar refractivity (Wildman–Crippen MR) is 113 cm³/mol. The van der Waals surface area contributed by atoms with Gasteiger partial charge in [-0.3, -0.25) is 9.69 Å². The highest BCUT2D eigenvalue weighted by Gasteiger charge is 2.22. The summed E-state index contributed by atoms with van der Waals surface area (Å²) in [6.45, 7) is 7.10. The zero-order valence-corrected chi connectivity index (χ0v) is 16.6. The van der Waals surface area contributed by atoms with Crippen LogP contribution in [0.1, 0.15) is 35.8 Å². The number of rotatable bonds is 8. The molecule has 6 heteroatoms. The number of carbonyl (C=O) groups excluding carboxylic acids is 1. The van der Waals surface area contributed by atoms with E-state index in [4.69, 9.17) is 0 Å². The van der Waals surface area contributed by atoms with Gasteiger partial charge in [0.2, 0.25) is 0 Å². The topological polar surface area (TPSA) is 61.4 Å². The minimum absolute atomic E-state index is 0.0351. The normalized spacial score (nSPS) is 15.1. The number of hydrogen-bond donors (Lipinski definition) is 1. The fraction of sp³-hybridized carbons (Fsp3) is 0.409. The summed E-state index contributed by atoms with van der Waals surface area (Å²) < 4.78 is 0. The Morgan fingerprint density at radius 3 is 2.57 bits per heavy atom. The van der Waals surface area contributed by atoms with Gasteiger partial charge in [-0.05, 0) is 12.0 Å². The Kier molecular flexibility index (Phi) is 7.55. The van der Waals surface area contributed by atoms with Crippen LogP contribution in [-0.4, -0.2) is 64.9 Å². The number of amides is 1. The lowest BCUT2D eigenvalue weighted by molar-refractivity contribution is 0.0644. The van der Waals surface area contributed by atoms with Crippen molar-refractivity contribution in [2.24, 2.45) is 0 Å². The smallest absolute Gasteiger partial charge is 0.274 e. The second kappa shape index (κ2) is 10.6. The van der Waals surface area contributed by atoms with Crippen molar-refractivity contribution < 1.29 is 4.79 Å². The summed E-state index contributed by atoms with van der Waals surface area (Å²) in [4.78, 5) is 25.5. The molecule has 0 saturated carbocycles. The molecule has 0 aliphatic carbocycles. The maximum absolute atomic E-state index is 12.6. The third-order valence-electron chi connectivity index (χ3n) is 4.84. The molecule has 1 aromatic carbocycles. The highest BCUT2D eigenvalue weighted by atomic mass is 16.2. The van der Waals surface area contributed by atoms with Crippen LogP contribution in [0.25, 0.3) is 6.08 Å². The zero-order chi connectivity index (χ0) is 19.6. The minimum Gasteiger partial charge on any atom is -0.369 e. The molecule has 0 atom stereocenters. The Bertz CT molecular complexity index is 752. The molecule has 1 aliphatic heterocycles. The standard InChI is InChI=1S/C22H29N5O/c1-2-3-11-23-21-18-24-20(17-25-21)22(28)27-15-13-26(14-16-27)12-7-10-19-8-5-4-6-9-19/h4-10,17-18H,2-3,11-16H2,1H3,(H,23,25)/b10-7+. The van der Waals surface area contributed by atoms with E-state index in [-0.39, 0.29) is 5.91 Å². The van der Waals surface area contributed by atoms with Gasteiger partial charge in [0.1, 0.15) is 11.5 Å². The molecule has 0 bridgehead atoms. The van der Waals surface area contributed by atoms with E-state index < -0.39 is 0 Å². The van der Waals surface area contributed by atoms with Gasteiger partial charge in [-0.15, -0.1) is 0 Å². The van der Waals surface area contributed by atoms with Crippen molar-refractivity contribution in [3.05, 3.63) is 60.1 Å². The Morgan fingerprint density at radius 1 is 1.11 bits per heavy atom. The van der Waals surface area contributed by atoms with E-state index in [2.05, 4.69) is 51.4 Å². The van der Waals surface area contributed by atoms with E-state index in [0.29, 0.717) is 5.69 Å². The Morgan fingerprint density at radius 2 is 1.89 bits per heavy atom. The SMILES string of the molecule is CCCCNc1cnc(C(=O)N2CCN(C/C=C/c3ccccc3)CC2)cn1. The van der Waals surface area contributed by atoms with Gasteiger partial charge in [0, 0.05) is 39.3 Å². The molecule has 0 unspecified atom stereocenters. The molecular formula is C22H29N5O. The summed E-state index contributed by atoms with van der Waals surface area (Å²) in [6, 6.07) is 10.3. The number of carbonyl (C=O) groups is 1. The third kappa shape index (κ3) is 5.89. The highest BCUT2D eigenvalue weighted by Crippen LogP contribution is 2.09. The van der Waals surface area contributed by atoms with Crippen molar-refractivity contribution in [2.45, 2.75) is 19.8 Å². The first-order chi connectivity index (χ1) is 13.8. The first kappa shape index (κ1) is 20.0. The van der Waals surface area contributed by atoms with Gasteiger partial charge in [-0.1, -0.05) is 55.8 Å². The molecule has 148 valence electrons. The van der Waals surface area contributed by atoms with Crippen LogP contribution in [-0.2, 0) is 0 Å². The van der Waals surface area contributed by atoms with Gasteiger partial charge in [-0.25, -0.2) is 9.97 Å². The third-order valence-corrected chi connectivity index (χ3v) is 4.84. The molecule has 1 saturated heterocycles. The van der Waals surface area contributed by atoms with Crippen molar-refractivity contribution in [1.82, 2.24) is 19.8 Å². The van der Waals surface area contributed by atoms with Crippen LogP contribution >= 0.6 is 0 Å². The number of benzene rings is 1. The fourth-order valence-electron chi connectivity index (χ4n) is 3.12. The lowest BCUT2D eigenvalue weighted by Crippen LogP contribution is -2.48. The summed E-state index contributed by atoms with van der Waals surface area (Å²) in [5.41, 5.74) is 1.63. The van der Waals surface area contributed by atoms with Gasteiger partial charge >= 0.3 is 0 Å². The molecule has 1 aliphatic rings. The van der Waals surface area contributed by atoms with E-state index in [1.165, 1.54) is 5.56 Å². The maximum atomic E-state index is 12.6. The van der Waals surface area contributed by atoms with Gasteiger partial charge < -0.3 is 10.2 Å². The molecule has 1 fully saturated rings. The summed E-state index contributed by atoms with van der Waals surface area (Å²) in [7, 11) is 0. The number of nitrogens with one attached hydrogen (secondary N) is 1. The largest absolute Gasteiger partial charge is 0.369 e.